The molecule has 1 aliphatic heterocycles. The van der Waals surface area contributed by atoms with E-state index in [2.05, 4.69) is 34.2 Å². The fourth-order valence-electron chi connectivity index (χ4n) is 4.34. The lowest BCUT2D eigenvalue weighted by molar-refractivity contribution is -0.133. The SMILES string of the molecule is CCOc1ccc(-c2ccc(N3CCN(C(=O)COc4c(C)cc(C)cc4C)CC3)nn2)cc1. The number of aryl methyl sites for hydroxylation is 3. The molecule has 0 atom stereocenters. The Bertz CT molecular complexity index is 1100. The van der Waals surface area contributed by atoms with Crippen molar-refractivity contribution in [2.45, 2.75) is 27.7 Å². The lowest BCUT2D eigenvalue weighted by Gasteiger charge is -2.35. The molecule has 2 aromatic carbocycles. The summed E-state index contributed by atoms with van der Waals surface area (Å²) in [5.41, 5.74) is 5.13. The normalized spacial score (nSPS) is 13.6. The minimum atomic E-state index is 0.0101. The van der Waals surface area contributed by atoms with E-state index in [-0.39, 0.29) is 12.5 Å². The molecule has 1 aromatic heterocycles. The summed E-state index contributed by atoms with van der Waals surface area (Å²) in [6.45, 7) is 11.5. The zero-order valence-electron chi connectivity index (χ0n) is 20.4. The van der Waals surface area contributed by atoms with Crippen molar-refractivity contribution in [2.75, 3.05) is 44.3 Å². The van der Waals surface area contributed by atoms with Crippen molar-refractivity contribution in [1.82, 2.24) is 15.1 Å². The van der Waals surface area contributed by atoms with E-state index in [0.717, 1.165) is 39.7 Å². The van der Waals surface area contributed by atoms with Crippen molar-refractivity contribution in [1.29, 1.82) is 0 Å². The molecule has 3 aromatic rings. The molecule has 178 valence electrons. The number of hydrogen-bond donors (Lipinski definition) is 0. The lowest BCUT2D eigenvalue weighted by atomic mass is 10.1. The number of benzene rings is 2. The van der Waals surface area contributed by atoms with E-state index in [9.17, 15) is 4.79 Å². The molecule has 7 heteroatoms. The predicted octanol–water partition coefficient (Wildman–Crippen LogP) is 4.20. The third-order valence-electron chi connectivity index (χ3n) is 6.01. The fraction of sp³-hybridized carbons (Fsp3) is 0.370. The topological polar surface area (TPSA) is 67.8 Å². The van der Waals surface area contributed by atoms with Crippen LogP contribution >= 0.6 is 0 Å². The summed E-state index contributed by atoms with van der Waals surface area (Å²) in [6.07, 6.45) is 0. The smallest absolute Gasteiger partial charge is 0.260 e. The summed E-state index contributed by atoms with van der Waals surface area (Å²) in [5, 5.41) is 8.83. The van der Waals surface area contributed by atoms with Gasteiger partial charge in [-0.3, -0.25) is 4.79 Å². The van der Waals surface area contributed by atoms with Gasteiger partial charge in [-0.15, -0.1) is 10.2 Å². The molecule has 0 bridgehead atoms. The maximum atomic E-state index is 12.7. The van der Waals surface area contributed by atoms with E-state index in [1.807, 2.05) is 62.1 Å². The van der Waals surface area contributed by atoms with Crippen molar-refractivity contribution in [2.24, 2.45) is 0 Å². The first-order chi connectivity index (χ1) is 16.4. The molecule has 4 rings (SSSR count). The van der Waals surface area contributed by atoms with Gasteiger partial charge in [0, 0.05) is 31.7 Å². The van der Waals surface area contributed by atoms with Crippen LogP contribution in [0, 0.1) is 20.8 Å². The van der Waals surface area contributed by atoms with E-state index >= 15 is 0 Å². The number of amides is 1. The summed E-state index contributed by atoms with van der Waals surface area (Å²) in [6, 6.07) is 16.0. The predicted molar refractivity (Wildman–Crippen MR) is 134 cm³/mol. The van der Waals surface area contributed by atoms with Crippen LogP contribution in [0.2, 0.25) is 0 Å². The molecule has 1 aliphatic rings. The molecule has 0 spiro atoms. The minimum Gasteiger partial charge on any atom is -0.494 e. The summed E-state index contributed by atoms with van der Waals surface area (Å²) in [4.78, 5) is 16.7. The van der Waals surface area contributed by atoms with Gasteiger partial charge in [-0.25, -0.2) is 0 Å². The Morgan fingerprint density at radius 3 is 2.15 bits per heavy atom. The number of carbonyl (C=O) groups is 1. The number of ether oxygens (including phenoxy) is 2. The molecule has 0 N–H and O–H groups in total. The van der Waals surface area contributed by atoms with Gasteiger partial charge < -0.3 is 19.3 Å². The minimum absolute atomic E-state index is 0.0101. The van der Waals surface area contributed by atoms with Gasteiger partial charge in [-0.05, 0) is 75.2 Å². The van der Waals surface area contributed by atoms with Gasteiger partial charge >= 0.3 is 0 Å². The highest BCUT2D eigenvalue weighted by molar-refractivity contribution is 5.78. The zero-order chi connectivity index (χ0) is 24.1. The lowest BCUT2D eigenvalue weighted by Crippen LogP contribution is -2.50. The van der Waals surface area contributed by atoms with Crippen LogP contribution in [0.25, 0.3) is 11.3 Å². The van der Waals surface area contributed by atoms with Gasteiger partial charge in [-0.1, -0.05) is 17.7 Å². The molecule has 2 heterocycles. The van der Waals surface area contributed by atoms with Crippen LogP contribution in [0.15, 0.2) is 48.5 Å². The molecule has 7 nitrogen and oxygen atoms in total. The summed E-state index contributed by atoms with van der Waals surface area (Å²) >= 11 is 0. The highest BCUT2D eigenvalue weighted by Gasteiger charge is 2.23. The Balaban J connectivity index is 1.30. The van der Waals surface area contributed by atoms with Gasteiger partial charge in [0.2, 0.25) is 0 Å². The first kappa shape index (κ1) is 23.5. The van der Waals surface area contributed by atoms with Crippen LogP contribution in [-0.2, 0) is 4.79 Å². The van der Waals surface area contributed by atoms with Crippen LogP contribution in [0.1, 0.15) is 23.6 Å². The standard InChI is InChI=1S/C27H32N4O3/c1-5-33-23-8-6-22(7-9-23)24-10-11-25(29-28-24)30-12-14-31(15-13-30)26(32)18-34-27-20(3)16-19(2)17-21(27)4/h6-11,16-17H,5,12-15,18H2,1-4H3. The van der Waals surface area contributed by atoms with Crippen LogP contribution in [0.5, 0.6) is 11.5 Å². The monoisotopic (exact) mass is 460 g/mol. The number of piperazine rings is 1. The Labute approximate surface area is 201 Å². The van der Waals surface area contributed by atoms with Gasteiger partial charge in [-0.2, -0.15) is 0 Å². The average Bonchev–Trinajstić information content (AvgIpc) is 2.84. The quantitative estimate of drug-likeness (QED) is 0.527. The highest BCUT2D eigenvalue weighted by atomic mass is 16.5. The Morgan fingerprint density at radius 1 is 0.882 bits per heavy atom. The molecular weight excluding hydrogens is 428 g/mol. The van der Waals surface area contributed by atoms with Crippen LogP contribution < -0.4 is 14.4 Å². The molecular formula is C27H32N4O3. The summed E-state index contributed by atoms with van der Waals surface area (Å²) in [5.74, 6) is 2.48. The van der Waals surface area contributed by atoms with Gasteiger partial charge in [0.1, 0.15) is 11.5 Å². The number of carbonyl (C=O) groups excluding carboxylic acids is 1. The van der Waals surface area contributed by atoms with Crippen molar-refractivity contribution < 1.29 is 14.3 Å². The molecule has 34 heavy (non-hydrogen) atoms. The Morgan fingerprint density at radius 2 is 1.56 bits per heavy atom. The molecule has 1 saturated heterocycles. The first-order valence-electron chi connectivity index (χ1n) is 11.7. The second kappa shape index (κ2) is 10.5. The second-order valence-electron chi connectivity index (χ2n) is 8.62. The van der Waals surface area contributed by atoms with Crippen molar-refractivity contribution in [3.63, 3.8) is 0 Å². The van der Waals surface area contributed by atoms with E-state index in [1.54, 1.807) is 0 Å². The Kier molecular flexibility index (Phi) is 7.30. The Hall–Kier alpha value is -3.61. The number of rotatable bonds is 7. The average molecular weight is 461 g/mol. The maximum absolute atomic E-state index is 12.7. The van der Waals surface area contributed by atoms with Crippen LogP contribution in [-0.4, -0.2) is 60.4 Å². The maximum Gasteiger partial charge on any atom is 0.260 e. The third kappa shape index (κ3) is 5.47. The number of aromatic nitrogens is 2. The molecule has 0 radical (unpaired) electrons. The number of anilines is 1. The second-order valence-corrected chi connectivity index (χ2v) is 8.62. The molecule has 0 aliphatic carbocycles. The van der Waals surface area contributed by atoms with Crippen molar-refractivity contribution in [3.05, 3.63) is 65.2 Å². The largest absolute Gasteiger partial charge is 0.494 e. The van der Waals surface area contributed by atoms with E-state index in [4.69, 9.17) is 9.47 Å². The van der Waals surface area contributed by atoms with Crippen molar-refractivity contribution in [3.8, 4) is 22.8 Å². The molecule has 0 saturated carbocycles. The highest BCUT2D eigenvalue weighted by Crippen LogP contribution is 2.25. The van der Waals surface area contributed by atoms with Crippen LogP contribution in [0.3, 0.4) is 0 Å². The summed E-state index contributed by atoms with van der Waals surface area (Å²) < 4.78 is 11.4. The summed E-state index contributed by atoms with van der Waals surface area (Å²) in [7, 11) is 0. The number of hydrogen-bond acceptors (Lipinski definition) is 6. The van der Waals surface area contributed by atoms with Crippen LogP contribution in [0.4, 0.5) is 5.82 Å². The van der Waals surface area contributed by atoms with Gasteiger partial charge in [0.25, 0.3) is 5.91 Å². The van der Waals surface area contributed by atoms with Crippen molar-refractivity contribution >= 4 is 11.7 Å². The molecule has 0 unspecified atom stereocenters. The van der Waals surface area contributed by atoms with Gasteiger partial charge in [0.05, 0.1) is 12.3 Å². The van der Waals surface area contributed by atoms with E-state index in [1.165, 1.54) is 5.56 Å². The zero-order valence-corrected chi connectivity index (χ0v) is 20.4. The third-order valence-corrected chi connectivity index (χ3v) is 6.01. The first-order valence-corrected chi connectivity index (χ1v) is 11.7. The molecule has 1 fully saturated rings. The van der Waals surface area contributed by atoms with E-state index < -0.39 is 0 Å². The molecule has 1 amide bonds. The van der Waals surface area contributed by atoms with E-state index in [0.29, 0.717) is 32.8 Å². The number of nitrogens with zero attached hydrogens (tertiary/aromatic N) is 4. The fourth-order valence-corrected chi connectivity index (χ4v) is 4.34. The van der Waals surface area contributed by atoms with Gasteiger partial charge in [0.15, 0.2) is 12.4 Å².